The van der Waals surface area contributed by atoms with Crippen LogP contribution >= 0.6 is 15.9 Å². The van der Waals surface area contributed by atoms with Gasteiger partial charge in [0.2, 0.25) is 5.88 Å². The fraction of sp³-hybridized carbons (Fsp3) is 0.267. The van der Waals surface area contributed by atoms with E-state index in [1.807, 2.05) is 37.3 Å². The molecule has 1 aromatic carbocycles. The minimum absolute atomic E-state index is 0.0883. The monoisotopic (exact) mass is 320 g/mol. The van der Waals surface area contributed by atoms with Crippen LogP contribution in [-0.2, 0) is 6.54 Å². The molecule has 0 aliphatic carbocycles. The summed E-state index contributed by atoms with van der Waals surface area (Å²) in [6.07, 6.45) is 1.82. The lowest BCUT2D eigenvalue weighted by Crippen LogP contribution is -2.28. The summed E-state index contributed by atoms with van der Waals surface area (Å²) in [5, 5.41) is 3.37. The van der Waals surface area contributed by atoms with Crippen LogP contribution in [0.3, 0.4) is 0 Å². The highest BCUT2D eigenvalue weighted by atomic mass is 79.9. The average molecular weight is 321 g/mol. The van der Waals surface area contributed by atoms with Crippen molar-refractivity contribution in [3.8, 4) is 5.88 Å². The lowest BCUT2D eigenvalue weighted by Gasteiger charge is -2.14. The zero-order valence-corrected chi connectivity index (χ0v) is 12.4. The van der Waals surface area contributed by atoms with Crippen LogP contribution in [0, 0.1) is 0 Å². The molecule has 0 saturated heterocycles. The van der Waals surface area contributed by atoms with Crippen LogP contribution in [0.25, 0.3) is 0 Å². The topological polar surface area (TPSA) is 34.1 Å². The Bertz CT molecular complexity index is 487. The van der Waals surface area contributed by atoms with Crippen molar-refractivity contribution in [3.63, 3.8) is 0 Å². The minimum atomic E-state index is 0.0883. The maximum Gasteiger partial charge on any atom is 0.213 e. The standard InChI is InChI=1S/C15H17BrN2O/c1-12(19-15-4-2-3-9-18-15)10-17-11-13-5-7-14(16)8-6-13/h2-9,12,17H,10-11H2,1H3/t12-/m0/s1. The van der Waals surface area contributed by atoms with Crippen LogP contribution in [-0.4, -0.2) is 17.6 Å². The number of benzene rings is 1. The number of nitrogens with zero attached hydrogens (tertiary/aromatic N) is 1. The zero-order valence-electron chi connectivity index (χ0n) is 10.8. The molecule has 0 amide bonds. The Morgan fingerprint density at radius 3 is 2.68 bits per heavy atom. The van der Waals surface area contributed by atoms with Crippen LogP contribution in [0.2, 0.25) is 0 Å². The highest BCUT2D eigenvalue weighted by Crippen LogP contribution is 2.10. The van der Waals surface area contributed by atoms with E-state index in [1.165, 1.54) is 5.56 Å². The fourth-order valence-electron chi connectivity index (χ4n) is 1.69. The smallest absolute Gasteiger partial charge is 0.213 e. The SMILES string of the molecule is C[C@@H](CNCc1ccc(Br)cc1)Oc1ccccn1. The van der Waals surface area contributed by atoms with E-state index in [2.05, 4.69) is 38.4 Å². The highest BCUT2D eigenvalue weighted by Gasteiger charge is 2.03. The summed E-state index contributed by atoms with van der Waals surface area (Å²) >= 11 is 3.43. The van der Waals surface area contributed by atoms with Crippen molar-refractivity contribution >= 4 is 15.9 Å². The number of halogens is 1. The molecule has 19 heavy (non-hydrogen) atoms. The molecule has 1 heterocycles. The lowest BCUT2D eigenvalue weighted by molar-refractivity contribution is 0.208. The first-order valence-corrected chi connectivity index (χ1v) is 7.06. The summed E-state index contributed by atoms with van der Waals surface area (Å²) in [6, 6.07) is 14.0. The first-order chi connectivity index (χ1) is 9.24. The predicted molar refractivity (Wildman–Crippen MR) is 80.2 cm³/mol. The van der Waals surface area contributed by atoms with Crippen LogP contribution in [0.5, 0.6) is 5.88 Å². The molecule has 1 aromatic heterocycles. The van der Waals surface area contributed by atoms with Crippen LogP contribution in [0.4, 0.5) is 0 Å². The largest absolute Gasteiger partial charge is 0.473 e. The second-order valence-electron chi connectivity index (χ2n) is 4.35. The van der Waals surface area contributed by atoms with E-state index >= 15 is 0 Å². The predicted octanol–water partition coefficient (Wildman–Crippen LogP) is 3.40. The van der Waals surface area contributed by atoms with Crippen LogP contribution in [0.15, 0.2) is 53.1 Å². The summed E-state index contributed by atoms with van der Waals surface area (Å²) in [6.45, 7) is 3.65. The molecule has 3 nitrogen and oxygen atoms in total. The van der Waals surface area contributed by atoms with Crippen molar-refractivity contribution < 1.29 is 4.74 Å². The molecule has 0 fully saturated rings. The van der Waals surface area contributed by atoms with E-state index in [-0.39, 0.29) is 6.10 Å². The fourth-order valence-corrected chi connectivity index (χ4v) is 1.95. The molecule has 4 heteroatoms. The van der Waals surface area contributed by atoms with Crippen molar-refractivity contribution in [2.24, 2.45) is 0 Å². The molecular weight excluding hydrogens is 304 g/mol. The molecule has 0 unspecified atom stereocenters. The first kappa shape index (κ1) is 14.0. The summed E-state index contributed by atoms with van der Waals surface area (Å²) in [5.41, 5.74) is 1.26. The third-order valence-electron chi connectivity index (χ3n) is 2.63. The van der Waals surface area contributed by atoms with Gasteiger partial charge in [0.25, 0.3) is 0 Å². The molecule has 0 aliphatic rings. The number of rotatable bonds is 6. The van der Waals surface area contributed by atoms with Gasteiger partial charge in [0.15, 0.2) is 0 Å². The van der Waals surface area contributed by atoms with E-state index in [4.69, 9.17) is 4.74 Å². The van der Waals surface area contributed by atoms with E-state index < -0.39 is 0 Å². The zero-order chi connectivity index (χ0) is 13.5. The van der Waals surface area contributed by atoms with Crippen molar-refractivity contribution in [2.75, 3.05) is 6.54 Å². The van der Waals surface area contributed by atoms with E-state index in [9.17, 15) is 0 Å². The molecule has 2 rings (SSSR count). The highest BCUT2D eigenvalue weighted by molar-refractivity contribution is 9.10. The van der Waals surface area contributed by atoms with Gasteiger partial charge in [-0.15, -0.1) is 0 Å². The normalized spacial score (nSPS) is 12.1. The van der Waals surface area contributed by atoms with Gasteiger partial charge < -0.3 is 10.1 Å². The van der Waals surface area contributed by atoms with Gasteiger partial charge in [0, 0.05) is 29.8 Å². The Labute approximate surface area is 122 Å². The molecule has 0 bridgehead atoms. The maximum absolute atomic E-state index is 5.69. The van der Waals surface area contributed by atoms with Crippen molar-refractivity contribution in [1.29, 1.82) is 0 Å². The summed E-state index contributed by atoms with van der Waals surface area (Å²) < 4.78 is 6.79. The molecule has 0 aliphatic heterocycles. The first-order valence-electron chi connectivity index (χ1n) is 6.27. The van der Waals surface area contributed by atoms with E-state index in [0.717, 1.165) is 17.6 Å². The average Bonchev–Trinajstić information content (AvgIpc) is 2.42. The van der Waals surface area contributed by atoms with Crippen molar-refractivity contribution in [3.05, 3.63) is 58.7 Å². The molecular formula is C15H17BrN2O. The van der Waals surface area contributed by atoms with Gasteiger partial charge in [-0.2, -0.15) is 0 Å². The van der Waals surface area contributed by atoms with E-state index in [0.29, 0.717) is 5.88 Å². The molecule has 100 valence electrons. The Kier molecular flexibility index (Phi) is 5.36. The third kappa shape index (κ3) is 5.01. The van der Waals surface area contributed by atoms with Gasteiger partial charge in [0.1, 0.15) is 6.10 Å². The molecule has 0 saturated carbocycles. The van der Waals surface area contributed by atoms with Crippen molar-refractivity contribution in [1.82, 2.24) is 10.3 Å². The molecule has 2 aromatic rings. The Hall–Kier alpha value is -1.39. The van der Waals surface area contributed by atoms with Gasteiger partial charge in [-0.25, -0.2) is 4.98 Å². The van der Waals surface area contributed by atoms with Gasteiger partial charge >= 0.3 is 0 Å². The minimum Gasteiger partial charge on any atom is -0.473 e. The van der Waals surface area contributed by atoms with Crippen molar-refractivity contribution in [2.45, 2.75) is 19.6 Å². The maximum atomic E-state index is 5.69. The second-order valence-corrected chi connectivity index (χ2v) is 5.27. The summed E-state index contributed by atoms with van der Waals surface area (Å²) in [7, 11) is 0. The van der Waals surface area contributed by atoms with Crippen LogP contribution in [0.1, 0.15) is 12.5 Å². The van der Waals surface area contributed by atoms with Crippen LogP contribution < -0.4 is 10.1 Å². The Balaban J connectivity index is 1.72. The number of hydrogen-bond acceptors (Lipinski definition) is 3. The lowest BCUT2D eigenvalue weighted by atomic mass is 10.2. The van der Waals surface area contributed by atoms with Gasteiger partial charge in [-0.05, 0) is 30.7 Å². The quantitative estimate of drug-likeness (QED) is 0.885. The molecule has 0 radical (unpaired) electrons. The summed E-state index contributed by atoms with van der Waals surface area (Å²) in [5.74, 6) is 0.667. The molecule has 1 N–H and O–H groups in total. The van der Waals surface area contributed by atoms with Gasteiger partial charge in [0.05, 0.1) is 0 Å². The number of nitrogens with one attached hydrogen (secondary N) is 1. The van der Waals surface area contributed by atoms with E-state index in [1.54, 1.807) is 6.20 Å². The Morgan fingerprint density at radius 2 is 2.00 bits per heavy atom. The molecule has 0 spiro atoms. The second kappa shape index (κ2) is 7.26. The van der Waals surface area contributed by atoms with Gasteiger partial charge in [-0.1, -0.05) is 34.1 Å². The van der Waals surface area contributed by atoms with Gasteiger partial charge in [-0.3, -0.25) is 0 Å². The molecule has 1 atom stereocenters. The third-order valence-corrected chi connectivity index (χ3v) is 3.16. The summed E-state index contributed by atoms with van der Waals surface area (Å²) in [4.78, 5) is 4.14. The number of ether oxygens (including phenoxy) is 1. The number of pyridine rings is 1. The Morgan fingerprint density at radius 1 is 1.21 bits per heavy atom. The number of hydrogen-bond donors (Lipinski definition) is 1. The number of aromatic nitrogens is 1.